The second-order valence-electron chi connectivity index (χ2n) is 4.04. The van der Waals surface area contributed by atoms with Crippen molar-refractivity contribution in [2.75, 3.05) is 10.6 Å². The Morgan fingerprint density at radius 1 is 1.05 bits per heavy atom. The van der Waals surface area contributed by atoms with Crippen LogP contribution in [0.15, 0.2) is 42.6 Å². The molecule has 0 saturated carbocycles. The quantitative estimate of drug-likeness (QED) is 0.835. The van der Waals surface area contributed by atoms with Gasteiger partial charge >= 0.3 is 11.8 Å². The van der Waals surface area contributed by atoms with Crippen LogP contribution >= 0.6 is 11.6 Å². The van der Waals surface area contributed by atoms with E-state index in [0.717, 1.165) is 0 Å². The topological polar surface area (TPSA) is 71.1 Å². The molecule has 6 heteroatoms. The third-order valence-corrected chi connectivity index (χ3v) is 3.04. The number of hydrogen-bond acceptors (Lipinski definition) is 3. The molecule has 1 aromatic carbocycles. The first kappa shape index (κ1) is 14.0. The predicted molar refractivity (Wildman–Crippen MR) is 77.7 cm³/mol. The molecule has 0 spiro atoms. The Bertz CT molecular complexity index is 644. The third kappa shape index (κ3) is 3.33. The minimum atomic E-state index is -0.789. The number of benzene rings is 1. The van der Waals surface area contributed by atoms with Gasteiger partial charge in [-0.15, -0.1) is 0 Å². The van der Waals surface area contributed by atoms with Crippen molar-refractivity contribution in [1.29, 1.82) is 0 Å². The first-order chi connectivity index (χ1) is 9.58. The zero-order valence-electron chi connectivity index (χ0n) is 10.7. The van der Waals surface area contributed by atoms with Crippen molar-refractivity contribution in [2.45, 2.75) is 6.92 Å². The maximum atomic E-state index is 11.8. The fraction of sp³-hybridized carbons (Fsp3) is 0.0714. The van der Waals surface area contributed by atoms with Crippen molar-refractivity contribution in [3.05, 3.63) is 53.2 Å². The van der Waals surface area contributed by atoms with Gasteiger partial charge in [0, 0.05) is 16.9 Å². The molecule has 0 aliphatic carbocycles. The van der Waals surface area contributed by atoms with E-state index in [1.54, 1.807) is 43.3 Å². The largest absolute Gasteiger partial charge is 0.317 e. The van der Waals surface area contributed by atoms with E-state index in [9.17, 15) is 9.59 Å². The molecule has 1 aromatic heterocycles. The van der Waals surface area contributed by atoms with Gasteiger partial charge in [-0.25, -0.2) is 4.98 Å². The first-order valence-electron chi connectivity index (χ1n) is 5.86. The van der Waals surface area contributed by atoms with Gasteiger partial charge in [0.15, 0.2) is 0 Å². The summed E-state index contributed by atoms with van der Waals surface area (Å²) in [5, 5.41) is 5.43. The van der Waals surface area contributed by atoms with Crippen molar-refractivity contribution in [2.24, 2.45) is 0 Å². The van der Waals surface area contributed by atoms with Crippen molar-refractivity contribution < 1.29 is 9.59 Å². The second kappa shape index (κ2) is 6.16. The lowest BCUT2D eigenvalue weighted by molar-refractivity contribution is -0.133. The molecule has 0 aliphatic heterocycles. The van der Waals surface area contributed by atoms with Crippen LogP contribution in [0.1, 0.15) is 5.56 Å². The van der Waals surface area contributed by atoms with Gasteiger partial charge in [0.05, 0.1) is 0 Å². The van der Waals surface area contributed by atoms with Crippen LogP contribution < -0.4 is 10.6 Å². The van der Waals surface area contributed by atoms with E-state index in [1.807, 2.05) is 0 Å². The Morgan fingerprint density at radius 2 is 1.80 bits per heavy atom. The minimum absolute atomic E-state index is 0.315. The standard InChI is InChI=1S/C14H12ClN3O2/c1-9-10(15)5-4-6-11(9)17-13(19)14(20)18-12-7-2-3-8-16-12/h2-8H,1H3,(H,17,19)(H,16,18,20). The van der Waals surface area contributed by atoms with E-state index < -0.39 is 11.8 Å². The van der Waals surface area contributed by atoms with Gasteiger partial charge in [0.1, 0.15) is 5.82 Å². The predicted octanol–water partition coefficient (Wildman–Crippen LogP) is 2.62. The second-order valence-corrected chi connectivity index (χ2v) is 4.44. The molecule has 20 heavy (non-hydrogen) atoms. The summed E-state index contributed by atoms with van der Waals surface area (Å²) in [5.74, 6) is -1.25. The number of amides is 2. The van der Waals surface area contributed by atoms with Crippen molar-refractivity contribution in [1.82, 2.24) is 4.98 Å². The van der Waals surface area contributed by atoms with Crippen LogP contribution in [0.3, 0.4) is 0 Å². The number of carbonyl (C=O) groups excluding carboxylic acids is 2. The molecule has 0 radical (unpaired) electrons. The molecule has 1 heterocycles. The molecule has 0 saturated heterocycles. The summed E-state index contributed by atoms with van der Waals surface area (Å²) in [6.07, 6.45) is 1.52. The average Bonchev–Trinajstić information content (AvgIpc) is 2.45. The van der Waals surface area contributed by atoms with E-state index in [1.165, 1.54) is 6.20 Å². The summed E-state index contributed by atoms with van der Waals surface area (Å²) in [6.45, 7) is 1.76. The van der Waals surface area contributed by atoms with E-state index >= 15 is 0 Å². The van der Waals surface area contributed by atoms with E-state index in [2.05, 4.69) is 15.6 Å². The normalized spacial score (nSPS) is 9.90. The molecule has 0 fully saturated rings. The summed E-state index contributed by atoms with van der Waals surface area (Å²) < 4.78 is 0. The molecule has 0 bridgehead atoms. The number of halogens is 1. The molecule has 2 aromatic rings. The zero-order chi connectivity index (χ0) is 14.5. The highest BCUT2D eigenvalue weighted by Crippen LogP contribution is 2.22. The molecule has 0 aliphatic rings. The van der Waals surface area contributed by atoms with Gasteiger partial charge in [-0.2, -0.15) is 0 Å². The number of hydrogen-bond donors (Lipinski definition) is 2. The molecule has 2 rings (SSSR count). The van der Waals surface area contributed by atoms with Crippen LogP contribution in [0, 0.1) is 6.92 Å². The molecule has 102 valence electrons. The van der Waals surface area contributed by atoms with Crippen molar-refractivity contribution >= 4 is 34.9 Å². The lowest BCUT2D eigenvalue weighted by Gasteiger charge is -2.09. The number of nitrogens with one attached hydrogen (secondary N) is 2. The van der Waals surface area contributed by atoms with Gasteiger partial charge in [-0.05, 0) is 36.8 Å². The lowest BCUT2D eigenvalue weighted by atomic mass is 10.2. The number of carbonyl (C=O) groups is 2. The fourth-order valence-electron chi connectivity index (χ4n) is 1.53. The number of pyridine rings is 1. The molecular formula is C14H12ClN3O2. The Morgan fingerprint density at radius 3 is 2.50 bits per heavy atom. The van der Waals surface area contributed by atoms with Crippen LogP contribution in [-0.2, 0) is 9.59 Å². The maximum absolute atomic E-state index is 11.8. The SMILES string of the molecule is Cc1c(Cl)cccc1NC(=O)C(=O)Nc1ccccn1. The van der Waals surface area contributed by atoms with Crippen molar-refractivity contribution in [3.63, 3.8) is 0 Å². The fourth-order valence-corrected chi connectivity index (χ4v) is 1.71. The Hall–Kier alpha value is -2.40. The average molecular weight is 290 g/mol. The first-order valence-corrected chi connectivity index (χ1v) is 6.24. The maximum Gasteiger partial charge on any atom is 0.315 e. The monoisotopic (exact) mass is 289 g/mol. The summed E-state index contributed by atoms with van der Waals surface area (Å²) in [5.41, 5.74) is 1.20. The van der Waals surface area contributed by atoms with E-state index in [4.69, 9.17) is 11.6 Å². The van der Waals surface area contributed by atoms with Crippen LogP contribution in [0.25, 0.3) is 0 Å². The van der Waals surface area contributed by atoms with Gasteiger partial charge in [0.2, 0.25) is 0 Å². The van der Waals surface area contributed by atoms with Crippen LogP contribution in [0.4, 0.5) is 11.5 Å². The van der Waals surface area contributed by atoms with Crippen LogP contribution in [0.5, 0.6) is 0 Å². The van der Waals surface area contributed by atoms with Crippen LogP contribution in [0.2, 0.25) is 5.02 Å². The van der Waals surface area contributed by atoms with Gasteiger partial charge < -0.3 is 10.6 Å². The smallest absolute Gasteiger partial charge is 0.315 e. The summed E-state index contributed by atoms with van der Waals surface area (Å²) in [6, 6.07) is 10.1. The summed E-state index contributed by atoms with van der Waals surface area (Å²) in [4.78, 5) is 27.4. The number of nitrogens with zero attached hydrogens (tertiary/aromatic N) is 1. The minimum Gasteiger partial charge on any atom is -0.317 e. The van der Waals surface area contributed by atoms with E-state index in [0.29, 0.717) is 22.1 Å². The molecule has 0 unspecified atom stereocenters. The lowest BCUT2D eigenvalue weighted by Crippen LogP contribution is -2.29. The van der Waals surface area contributed by atoms with Crippen LogP contribution in [-0.4, -0.2) is 16.8 Å². The van der Waals surface area contributed by atoms with Crippen molar-refractivity contribution in [3.8, 4) is 0 Å². The highest BCUT2D eigenvalue weighted by molar-refractivity contribution is 6.43. The highest BCUT2D eigenvalue weighted by atomic mass is 35.5. The number of anilines is 2. The Balaban J connectivity index is 2.05. The summed E-state index contributed by atoms with van der Waals surface area (Å²) in [7, 11) is 0. The third-order valence-electron chi connectivity index (χ3n) is 2.63. The van der Waals surface area contributed by atoms with Gasteiger partial charge in [-0.1, -0.05) is 23.7 Å². The Labute approximate surface area is 121 Å². The van der Waals surface area contributed by atoms with Gasteiger partial charge in [0.25, 0.3) is 0 Å². The molecular weight excluding hydrogens is 278 g/mol. The number of rotatable bonds is 2. The molecule has 2 amide bonds. The molecule has 5 nitrogen and oxygen atoms in total. The number of aromatic nitrogens is 1. The zero-order valence-corrected chi connectivity index (χ0v) is 11.4. The summed E-state index contributed by atoms with van der Waals surface area (Å²) >= 11 is 5.94. The van der Waals surface area contributed by atoms with Gasteiger partial charge in [-0.3, -0.25) is 9.59 Å². The van der Waals surface area contributed by atoms with E-state index in [-0.39, 0.29) is 0 Å². The molecule has 2 N–H and O–H groups in total. The Kier molecular flexibility index (Phi) is 4.32. The molecule has 0 atom stereocenters. The highest BCUT2D eigenvalue weighted by Gasteiger charge is 2.15.